The van der Waals surface area contributed by atoms with E-state index in [1.54, 1.807) is 31.2 Å². The van der Waals surface area contributed by atoms with Crippen molar-refractivity contribution >= 4 is 46.6 Å². The molecule has 24 heavy (non-hydrogen) atoms. The van der Waals surface area contributed by atoms with Gasteiger partial charge in [-0.05, 0) is 43.3 Å². The Labute approximate surface area is 148 Å². The first-order valence-electron chi connectivity index (χ1n) is 7.18. The van der Waals surface area contributed by atoms with Crippen molar-refractivity contribution < 1.29 is 14.0 Å². The Bertz CT molecular complexity index is 725. The lowest BCUT2D eigenvalue weighted by molar-refractivity contribution is -0.115. The number of anilines is 2. The molecule has 2 amide bonds. The van der Waals surface area contributed by atoms with Gasteiger partial charge in [0.15, 0.2) is 0 Å². The molecule has 0 unspecified atom stereocenters. The average Bonchev–Trinajstić information content (AvgIpc) is 2.56. The summed E-state index contributed by atoms with van der Waals surface area (Å²) in [6.45, 7) is 1.71. The molecule has 0 saturated heterocycles. The second-order valence-electron chi connectivity index (χ2n) is 4.98. The topological polar surface area (TPSA) is 58.2 Å². The first-order chi connectivity index (χ1) is 11.5. The smallest absolute Gasteiger partial charge is 0.237 e. The van der Waals surface area contributed by atoms with Gasteiger partial charge in [0.2, 0.25) is 11.8 Å². The van der Waals surface area contributed by atoms with Crippen molar-refractivity contribution in [2.24, 2.45) is 0 Å². The van der Waals surface area contributed by atoms with E-state index in [1.165, 1.54) is 36.0 Å². The van der Waals surface area contributed by atoms with E-state index in [1.807, 2.05) is 0 Å². The van der Waals surface area contributed by atoms with Gasteiger partial charge >= 0.3 is 0 Å². The quantitative estimate of drug-likeness (QED) is 0.806. The molecular formula is C17H16ClFN2O2S. The minimum atomic E-state index is -0.430. The summed E-state index contributed by atoms with van der Waals surface area (Å²) >= 11 is 7.19. The van der Waals surface area contributed by atoms with E-state index in [0.717, 1.165) is 0 Å². The van der Waals surface area contributed by atoms with Crippen molar-refractivity contribution in [1.29, 1.82) is 0 Å². The number of carbonyl (C=O) groups is 2. The van der Waals surface area contributed by atoms with Crippen LogP contribution in [-0.2, 0) is 9.59 Å². The number of halogens is 2. The number of para-hydroxylation sites is 1. The van der Waals surface area contributed by atoms with Crippen LogP contribution < -0.4 is 10.6 Å². The molecule has 2 N–H and O–H groups in total. The number of nitrogens with one attached hydrogen (secondary N) is 2. The molecule has 0 spiro atoms. The molecule has 2 rings (SSSR count). The summed E-state index contributed by atoms with van der Waals surface area (Å²) in [7, 11) is 0. The molecule has 0 radical (unpaired) electrons. The van der Waals surface area contributed by atoms with Crippen molar-refractivity contribution in [2.45, 2.75) is 12.2 Å². The fraction of sp³-hybridized carbons (Fsp3) is 0.176. The molecule has 1 atom stereocenters. The fourth-order valence-electron chi connectivity index (χ4n) is 1.80. The highest BCUT2D eigenvalue weighted by Gasteiger charge is 2.16. The number of hydrogen-bond donors (Lipinski definition) is 2. The number of rotatable bonds is 6. The maximum Gasteiger partial charge on any atom is 0.237 e. The van der Waals surface area contributed by atoms with Crippen molar-refractivity contribution in [2.75, 3.05) is 16.4 Å². The van der Waals surface area contributed by atoms with Gasteiger partial charge in [-0.1, -0.05) is 23.7 Å². The molecule has 2 aromatic rings. The van der Waals surface area contributed by atoms with Crippen LogP contribution in [0.15, 0.2) is 48.5 Å². The molecule has 4 nitrogen and oxygen atoms in total. The number of amides is 2. The van der Waals surface area contributed by atoms with Crippen molar-refractivity contribution in [3.8, 4) is 0 Å². The molecule has 7 heteroatoms. The highest BCUT2D eigenvalue weighted by molar-refractivity contribution is 8.01. The summed E-state index contributed by atoms with van der Waals surface area (Å²) < 4.78 is 12.8. The first kappa shape index (κ1) is 18.3. The Hall–Kier alpha value is -2.05. The third-order valence-electron chi connectivity index (χ3n) is 3.09. The maximum absolute atomic E-state index is 12.8. The van der Waals surface area contributed by atoms with Crippen LogP contribution in [0.2, 0.25) is 5.02 Å². The highest BCUT2D eigenvalue weighted by Crippen LogP contribution is 2.22. The van der Waals surface area contributed by atoms with Gasteiger partial charge in [-0.3, -0.25) is 9.59 Å². The van der Waals surface area contributed by atoms with Gasteiger partial charge in [-0.15, -0.1) is 11.8 Å². The van der Waals surface area contributed by atoms with Crippen LogP contribution in [0.3, 0.4) is 0 Å². The Morgan fingerprint density at radius 1 is 1.12 bits per heavy atom. The van der Waals surface area contributed by atoms with Crippen LogP contribution in [0, 0.1) is 5.82 Å². The predicted molar refractivity (Wildman–Crippen MR) is 97.0 cm³/mol. The van der Waals surface area contributed by atoms with Crippen LogP contribution in [0.25, 0.3) is 0 Å². The Kier molecular flexibility index (Phi) is 6.63. The molecule has 0 bridgehead atoms. The van der Waals surface area contributed by atoms with Crippen molar-refractivity contribution in [3.05, 3.63) is 59.4 Å². The molecule has 0 aromatic heterocycles. The van der Waals surface area contributed by atoms with E-state index >= 15 is 0 Å². The lowest BCUT2D eigenvalue weighted by Crippen LogP contribution is -2.25. The van der Waals surface area contributed by atoms with E-state index in [-0.39, 0.29) is 23.4 Å². The SMILES string of the molecule is C[C@@H](SCC(=O)Nc1ccc(F)cc1)C(=O)Nc1ccccc1Cl. The normalized spacial score (nSPS) is 11.6. The number of carbonyl (C=O) groups excluding carboxylic acids is 2. The lowest BCUT2D eigenvalue weighted by atomic mass is 10.3. The third kappa shape index (κ3) is 5.54. The third-order valence-corrected chi connectivity index (χ3v) is 4.57. The van der Waals surface area contributed by atoms with Gasteiger partial charge in [0.1, 0.15) is 5.82 Å². The van der Waals surface area contributed by atoms with E-state index in [2.05, 4.69) is 10.6 Å². The van der Waals surface area contributed by atoms with Gasteiger partial charge in [-0.2, -0.15) is 0 Å². The summed E-state index contributed by atoms with van der Waals surface area (Å²) in [6.07, 6.45) is 0. The van der Waals surface area contributed by atoms with Gasteiger partial charge in [0.25, 0.3) is 0 Å². The fourth-order valence-corrected chi connectivity index (χ4v) is 2.67. The monoisotopic (exact) mass is 366 g/mol. The van der Waals surface area contributed by atoms with Crippen LogP contribution in [-0.4, -0.2) is 22.8 Å². The second-order valence-corrected chi connectivity index (χ2v) is 6.71. The summed E-state index contributed by atoms with van der Waals surface area (Å²) in [5.74, 6) is -0.756. The summed E-state index contributed by atoms with van der Waals surface area (Å²) in [5, 5.41) is 5.39. The van der Waals surface area contributed by atoms with Gasteiger partial charge in [0, 0.05) is 5.69 Å². The minimum absolute atomic E-state index is 0.106. The highest BCUT2D eigenvalue weighted by atomic mass is 35.5. The van der Waals surface area contributed by atoms with Crippen molar-refractivity contribution in [3.63, 3.8) is 0 Å². The van der Waals surface area contributed by atoms with Gasteiger partial charge in [0.05, 0.1) is 21.7 Å². The molecule has 0 aliphatic carbocycles. The van der Waals surface area contributed by atoms with Crippen LogP contribution in [0.4, 0.5) is 15.8 Å². The van der Waals surface area contributed by atoms with Crippen molar-refractivity contribution in [1.82, 2.24) is 0 Å². The van der Waals surface area contributed by atoms with E-state index in [0.29, 0.717) is 16.4 Å². The standard InChI is InChI=1S/C17H16ClFN2O2S/c1-11(17(23)21-15-5-3-2-4-14(15)18)24-10-16(22)20-13-8-6-12(19)7-9-13/h2-9,11H,10H2,1H3,(H,20,22)(H,21,23)/t11-/m1/s1. The second kappa shape index (κ2) is 8.70. The lowest BCUT2D eigenvalue weighted by Gasteiger charge is -2.13. The summed E-state index contributed by atoms with van der Waals surface area (Å²) in [4.78, 5) is 24.0. The molecule has 0 heterocycles. The summed E-state index contributed by atoms with van der Waals surface area (Å²) in [6, 6.07) is 12.4. The number of benzene rings is 2. The molecular weight excluding hydrogens is 351 g/mol. The molecule has 126 valence electrons. The predicted octanol–water partition coefficient (Wildman–Crippen LogP) is 4.18. The molecule has 2 aromatic carbocycles. The zero-order chi connectivity index (χ0) is 17.5. The maximum atomic E-state index is 12.8. The Morgan fingerprint density at radius 3 is 2.46 bits per heavy atom. The van der Waals surface area contributed by atoms with Crippen LogP contribution >= 0.6 is 23.4 Å². The molecule has 0 aliphatic rings. The first-order valence-corrected chi connectivity index (χ1v) is 8.61. The van der Waals surface area contributed by atoms with Gasteiger partial charge < -0.3 is 10.6 Å². The zero-order valence-corrected chi connectivity index (χ0v) is 14.5. The molecule has 0 saturated carbocycles. The van der Waals surface area contributed by atoms with Crippen LogP contribution in [0.1, 0.15) is 6.92 Å². The number of hydrogen-bond acceptors (Lipinski definition) is 3. The minimum Gasteiger partial charge on any atom is -0.325 e. The molecule has 0 aliphatic heterocycles. The molecule has 0 fully saturated rings. The van der Waals surface area contributed by atoms with Gasteiger partial charge in [-0.25, -0.2) is 4.39 Å². The van der Waals surface area contributed by atoms with E-state index < -0.39 is 5.25 Å². The van der Waals surface area contributed by atoms with E-state index in [9.17, 15) is 14.0 Å². The Balaban J connectivity index is 1.80. The zero-order valence-electron chi connectivity index (χ0n) is 12.9. The van der Waals surface area contributed by atoms with Crippen LogP contribution in [0.5, 0.6) is 0 Å². The Morgan fingerprint density at radius 2 is 1.79 bits per heavy atom. The number of thioether (sulfide) groups is 1. The summed E-state index contributed by atoms with van der Waals surface area (Å²) in [5.41, 5.74) is 1.04. The largest absolute Gasteiger partial charge is 0.325 e. The average molecular weight is 367 g/mol. The van der Waals surface area contributed by atoms with E-state index in [4.69, 9.17) is 11.6 Å².